The Hall–Kier alpha value is -1.34. The summed E-state index contributed by atoms with van der Waals surface area (Å²) in [6.45, 7) is 1.88. The van der Waals surface area contributed by atoms with Crippen LogP contribution in [0, 0.1) is 0 Å². The third kappa shape index (κ3) is 6.47. The third-order valence-corrected chi connectivity index (χ3v) is 4.93. The summed E-state index contributed by atoms with van der Waals surface area (Å²) < 4.78 is 0. The van der Waals surface area contributed by atoms with Crippen molar-refractivity contribution in [3.63, 3.8) is 0 Å². The quantitative estimate of drug-likeness (QED) is 0.784. The Morgan fingerprint density at radius 1 is 1.32 bits per heavy atom. The van der Waals surface area contributed by atoms with E-state index in [1.54, 1.807) is 18.2 Å². The van der Waals surface area contributed by atoms with E-state index in [-0.39, 0.29) is 25.0 Å². The van der Waals surface area contributed by atoms with Crippen molar-refractivity contribution in [1.29, 1.82) is 0 Å². The number of likely N-dealkylation sites (N-methyl/N-ethyl adjacent to an activating group) is 1. The molecule has 1 atom stereocenters. The molecule has 1 aliphatic rings. The SMILES string of the molecule is CN(CC(=O)O)C1CCCN(CC(=O)Nc2cc(Cl)ccc2Cl)CC1. The second-order valence-electron chi connectivity index (χ2n) is 6.34. The molecule has 1 aromatic carbocycles. The van der Waals surface area contributed by atoms with Gasteiger partial charge in [0, 0.05) is 17.6 Å². The van der Waals surface area contributed by atoms with Crippen molar-refractivity contribution in [2.75, 3.05) is 38.5 Å². The van der Waals surface area contributed by atoms with Gasteiger partial charge in [-0.15, -0.1) is 0 Å². The Kier molecular flexibility index (Phi) is 7.50. The predicted molar refractivity (Wildman–Crippen MR) is 99.4 cm³/mol. The van der Waals surface area contributed by atoms with Crippen LogP contribution in [-0.2, 0) is 9.59 Å². The molecule has 1 saturated heterocycles. The zero-order valence-electron chi connectivity index (χ0n) is 14.2. The Morgan fingerprint density at radius 3 is 2.80 bits per heavy atom. The van der Waals surface area contributed by atoms with Gasteiger partial charge in [0.15, 0.2) is 0 Å². The summed E-state index contributed by atoms with van der Waals surface area (Å²) >= 11 is 12.0. The number of hydrogen-bond acceptors (Lipinski definition) is 4. The lowest BCUT2D eigenvalue weighted by molar-refractivity contribution is -0.138. The van der Waals surface area contributed by atoms with Gasteiger partial charge in [0.05, 0.1) is 23.8 Å². The highest BCUT2D eigenvalue weighted by Gasteiger charge is 2.22. The highest BCUT2D eigenvalue weighted by molar-refractivity contribution is 6.35. The number of amides is 1. The fraction of sp³-hybridized carbons (Fsp3) is 0.529. The molecule has 6 nitrogen and oxygen atoms in total. The van der Waals surface area contributed by atoms with Crippen LogP contribution in [0.2, 0.25) is 10.0 Å². The molecule has 1 aromatic rings. The molecule has 0 aromatic heterocycles. The van der Waals surface area contributed by atoms with Gasteiger partial charge in [0.25, 0.3) is 0 Å². The molecule has 0 radical (unpaired) electrons. The Morgan fingerprint density at radius 2 is 2.08 bits per heavy atom. The standard InChI is InChI=1S/C17H23Cl2N3O3/c1-21(11-17(24)25)13-3-2-7-22(8-6-13)10-16(23)20-15-9-12(18)4-5-14(15)19/h4-5,9,13H,2-3,6-8,10-11H2,1H3,(H,20,23)(H,24,25). The summed E-state index contributed by atoms with van der Waals surface area (Å²) in [4.78, 5) is 27.1. The number of nitrogens with zero attached hydrogens (tertiary/aromatic N) is 2. The van der Waals surface area contributed by atoms with Crippen LogP contribution >= 0.6 is 23.2 Å². The number of hydrogen-bond donors (Lipinski definition) is 2. The fourth-order valence-corrected chi connectivity index (χ4v) is 3.40. The number of carboxylic acids is 1. The Labute approximate surface area is 157 Å². The van der Waals surface area contributed by atoms with Crippen LogP contribution in [0.25, 0.3) is 0 Å². The summed E-state index contributed by atoms with van der Waals surface area (Å²) in [5.74, 6) is -0.956. The lowest BCUT2D eigenvalue weighted by Crippen LogP contribution is -2.37. The fourth-order valence-electron chi connectivity index (χ4n) is 3.07. The van der Waals surface area contributed by atoms with Gasteiger partial charge < -0.3 is 10.4 Å². The minimum Gasteiger partial charge on any atom is -0.480 e. The molecule has 0 spiro atoms. The highest BCUT2D eigenvalue weighted by atomic mass is 35.5. The van der Waals surface area contributed by atoms with Crippen molar-refractivity contribution < 1.29 is 14.7 Å². The number of carbonyl (C=O) groups is 2. The average molecular weight is 388 g/mol. The minimum atomic E-state index is -0.818. The summed E-state index contributed by atoms with van der Waals surface area (Å²) in [6, 6.07) is 5.17. The monoisotopic (exact) mass is 387 g/mol. The number of halogens is 2. The van der Waals surface area contributed by atoms with E-state index in [4.69, 9.17) is 28.3 Å². The average Bonchev–Trinajstić information content (AvgIpc) is 2.76. The van der Waals surface area contributed by atoms with Crippen LogP contribution < -0.4 is 5.32 Å². The van der Waals surface area contributed by atoms with Gasteiger partial charge in [0.2, 0.25) is 5.91 Å². The zero-order chi connectivity index (χ0) is 18.4. The molecule has 1 aliphatic heterocycles. The Bertz CT molecular complexity index is 627. The number of rotatable bonds is 6. The van der Waals surface area contributed by atoms with Gasteiger partial charge >= 0.3 is 5.97 Å². The first kappa shape index (κ1) is 20.0. The van der Waals surface area contributed by atoms with Gasteiger partial charge in [-0.2, -0.15) is 0 Å². The molecule has 0 aliphatic carbocycles. The van der Waals surface area contributed by atoms with E-state index in [2.05, 4.69) is 10.2 Å². The van der Waals surface area contributed by atoms with Crippen molar-refractivity contribution in [3.05, 3.63) is 28.2 Å². The second kappa shape index (κ2) is 9.38. The minimum absolute atomic E-state index is 0.0401. The molecule has 0 bridgehead atoms. The summed E-state index contributed by atoms with van der Waals surface area (Å²) in [5.41, 5.74) is 0.507. The van der Waals surface area contributed by atoms with Crippen LogP contribution in [0.3, 0.4) is 0 Å². The molecule has 1 heterocycles. The van der Waals surface area contributed by atoms with E-state index in [1.807, 2.05) is 11.9 Å². The second-order valence-corrected chi connectivity index (χ2v) is 7.19. The van der Waals surface area contributed by atoms with Crippen LogP contribution in [0.5, 0.6) is 0 Å². The molecule has 1 fully saturated rings. The van der Waals surface area contributed by atoms with E-state index >= 15 is 0 Å². The van der Waals surface area contributed by atoms with E-state index in [0.717, 1.165) is 32.4 Å². The van der Waals surface area contributed by atoms with Gasteiger partial charge in [-0.1, -0.05) is 23.2 Å². The van der Waals surface area contributed by atoms with Crippen molar-refractivity contribution in [2.24, 2.45) is 0 Å². The molecule has 2 rings (SSSR count). The number of nitrogens with one attached hydrogen (secondary N) is 1. The summed E-state index contributed by atoms with van der Waals surface area (Å²) in [7, 11) is 1.84. The van der Waals surface area contributed by atoms with Gasteiger partial charge in [-0.05, 0) is 51.1 Å². The third-order valence-electron chi connectivity index (χ3n) is 4.37. The topological polar surface area (TPSA) is 72.9 Å². The van der Waals surface area contributed by atoms with Crippen molar-refractivity contribution in [1.82, 2.24) is 9.80 Å². The maximum absolute atomic E-state index is 12.3. The van der Waals surface area contributed by atoms with E-state index in [1.165, 1.54) is 0 Å². The van der Waals surface area contributed by atoms with Gasteiger partial charge in [-0.3, -0.25) is 19.4 Å². The van der Waals surface area contributed by atoms with Crippen molar-refractivity contribution in [3.8, 4) is 0 Å². The van der Waals surface area contributed by atoms with Crippen LogP contribution in [0.4, 0.5) is 5.69 Å². The number of carboxylic acid groups (broad SMARTS) is 1. The molecular weight excluding hydrogens is 365 g/mol. The van der Waals surface area contributed by atoms with Crippen LogP contribution in [-0.4, -0.2) is 66.1 Å². The number of aliphatic carboxylic acids is 1. The molecule has 8 heteroatoms. The lowest BCUT2D eigenvalue weighted by atomic mass is 10.1. The van der Waals surface area contributed by atoms with Gasteiger partial charge in [0.1, 0.15) is 0 Å². The van der Waals surface area contributed by atoms with E-state index in [0.29, 0.717) is 15.7 Å². The first-order valence-electron chi connectivity index (χ1n) is 8.24. The maximum Gasteiger partial charge on any atom is 0.317 e. The molecule has 1 amide bonds. The zero-order valence-corrected chi connectivity index (χ0v) is 15.7. The van der Waals surface area contributed by atoms with E-state index in [9.17, 15) is 9.59 Å². The highest BCUT2D eigenvalue weighted by Crippen LogP contribution is 2.25. The predicted octanol–water partition coefficient (Wildman–Crippen LogP) is 2.80. The Balaban J connectivity index is 1.85. The first-order valence-corrected chi connectivity index (χ1v) is 9.00. The molecule has 138 valence electrons. The van der Waals surface area contributed by atoms with Crippen LogP contribution in [0.1, 0.15) is 19.3 Å². The molecular formula is C17H23Cl2N3O3. The number of likely N-dealkylation sites (tertiary alicyclic amines) is 1. The van der Waals surface area contributed by atoms with Crippen molar-refractivity contribution in [2.45, 2.75) is 25.3 Å². The molecule has 2 N–H and O–H groups in total. The first-order chi connectivity index (χ1) is 11.8. The lowest BCUT2D eigenvalue weighted by Gasteiger charge is -2.25. The molecule has 25 heavy (non-hydrogen) atoms. The number of carbonyl (C=O) groups excluding carboxylic acids is 1. The number of anilines is 1. The largest absolute Gasteiger partial charge is 0.480 e. The maximum atomic E-state index is 12.3. The smallest absolute Gasteiger partial charge is 0.317 e. The van der Waals surface area contributed by atoms with Crippen LogP contribution in [0.15, 0.2) is 18.2 Å². The van der Waals surface area contributed by atoms with Gasteiger partial charge in [-0.25, -0.2) is 0 Å². The molecule has 0 saturated carbocycles. The van der Waals surface area contributed by atoms with Crippen molar-refractivity contribution >= 4 is 40.8 Å². The normalized spacial score (nSPS) is 18.8. The molecule has 1 unspecified atom stereocenters. The summed E-state index contributed by atoms with van der Waals surface area (Å²) in [5, 5.41) is 12.7. The summed E-state index contributed by atoms with van der Waals surface area (Å²) in [6.07, 6.45) is 2.71. The van der Waals surface area contributed by atoms with E-state index < -0.39 is 5.97 Å². The number of benzene rings is 1.